The van der Waals surface area contributed by atoms with Crippen LogP contribution in [-0.2, 0) is 6.42 Å². The number of hydrogen-bond donors (Lipinski definition) is 1. The molecule has 5 heteroatoms. The highest BCUT2D eigenvalue weighted by molar-refractivity contribution is 5.54. The van der Waals surface area contributed by atoms with Crippen molar-refractivity contribution in [2.24, 2.45) is 0 Å². The van der Waals surface area contributed by atoms with Crippen LogP contribution >= 0.6 is 0 Å². The van der Waals surface area contributed by atoms with Gasteiger partial charge in [0.2, 0.25) is 5.88 Å². The molecule has 2 aromatic heterocycles. The zero-order valence-electron chi connectivity index (χ0n) is 14.3. The van der Waals surface area contributed by atoms with E-state index in [1.54, 1.807) is 0 Å². The van der Waals surface area contributed by atoms with Gasteiger partial charge in [0.05, 0.1) is 0 Å². The number of aromatic nitrogens is 3. The third-order valence-electron chi connectivity index (χ3n) is 4.37. The molecule has 0 aliphatic rings. The molecule has 0 aliphatic carbocycles. The van der Waals surface area contributed by atoms with Crippen LogP contribution in [0.25, 0.3) is 5.65 Å². The summed E-state index contributed by atoms with van der Waals surface area (Å²) in [4.78, 5) is 4.62. The first-order valence-electron chi connectivity index (χ1n) is 8.67. The molecule has 0 saturated heterocycles. The van der Waals surface area contributed by atoms with Gasteiger partial charge in [-0.05, 0) is 37.3 Å². The number of aromatic hydroxyl groups is 1. The fourth-order valence-corrected chi connectivity index (χ4v) is 2.89. The minimum atomic E-state index is -0.0832. The molecule has 2 rings (SSSR count). The molecular weight excluding hydrogens is 288 g/mol. The van der Waals surface area contributed by atoms with Gasteiger partial charge in [0.25, 0.3) is 0 Å². The van der Waals surface area contributed by atoms with E-state index >= 15 is 0 Å². The summed E-state index contributed by atoms with van der Waals surface area (Å²) in [6, 6.07) is 4.01. The van der Waals surface area contributed by atoms with Crippen LogP contribution in [0.5, 0.6) is 5.88 Å². The van der Waals surface area contributed by atoms with E-state index < -0.39 is 0 Å². The Kier molecular flexibility index (Phi) is 5.97. The van der Waals surface area contributed by atoms with Crippen LogP contribution in [0.2, 0.25) is 0 Å². The number of nitriles is 1. The van der Waals surface area contributed by atoms with Crippen molar-refractivity contribution in [2.45, 2.75) is 71.6 Å². The molecule has 2 aromatic rings. The van der Waals surface area contributed by atoms with Gasteiger partial charge in [0, 0.05) is 5.92 Å². The van der Waals surface area contributed by atoms with Gasteiger partial charge in [0.1, 0.15) is 11.6 Å². The van der Waals surface area contributed by atoms with Gasteiger partial charge in [-0.15, -0.1) is 5.10 Å². The maximum absolute atomic E-state index is 10.4. The molecule has 2 heterocycles. The maximum Gasteiger partial charge on any atom is 0.232 e. The molecule has 1 atom stereocenters. The molecule has 23 heavy (non-hydrogen) atoms. The lowest BCUT2D eigenvalue weighted by molar-refractivity contribution is 0.431. The van der Waals surface area contributed by atoms with Crippen LogP contribution in [0.4, 0.5) is 0 Å². The van der Waals surface area contributed by atoms with Crippen molar-refractivity contribution in [3.63, 3.8) is 0 Å². The molecule has 124 valence electrons. The van der Waals surface area contributed by atoms with Crippen LogP contribution in [-0.4, -0.2) is 19.7 Å². The first kappa shape index (κ1) is 17.3. The third kappa shape index (κ3) is 3.64. The lowest BCUT2D eigenvalue weighted by Gasteiger charge is -2.09. The molecule has 0 spiro atoms. The van der Waals surface area contributed by atoms with E-state index in [2.05, 4.69) is 36.9 Å². The van der Waals surface area contributed by atoms with Gasteiger partial charge < -0.3 is 5.11 Å². The SMILES string of the molecule is CCCCc1cc2nc(C(CC)CCCC)nn2c(O)c1C#N. The Bertz CT molecular complexity index is 699. The minimum Gasteiger partial charge on any atom is -0.492 e. The number of aryl methyl sites for hydroxylation is 1. The van der Waals surface area contributed by atoms with Crippen LogP contribution < -0.4 is 0 Å². The predicted molar refractivity (Wildman–Crippen MR) is 90.5 cm³/mol. The number of pyridine rings is 1. The third-order valence-corrected chi connectivity index (χ3v) is 4.37. The van der Waals surface area contributed by atoms with Crippen LogP contribution in [0.15, 0.2) is 6.07 Å². The highest BCUT2D eigenvalue weighted by atomic mass is 16.3. The fraction of sp³-hybridized carbons (Fsp3) is 0.611. The molecular formula is C18H26N4O. The topological polar surface area (TPSA) is 74.2 Å². The Balaban J connectivity index is 2.45. The van der Waals surface area contributed by atoms with Crippen molar-refractivity contribution in [3.8, 4) is 11.9 Å². The van der Waals surface area contributed by atoms with E-state index in [0.717, 1.165) is 56.3 Å². The zero-order chi connectivity index (χ0) is 16.8. The predicted octanol–water partition coefficient (Wildman–Crippen LogP) is 4.33. The van der Waals surface area contributed by atoms with E-state index in [4.69, 9.17) is 0 Å². The van der Waals surface area contributed by atoms with Crippen LogP contribution in [0.1, 0.15) is 82.2 Å². The first-order chi connectivity index (χ1) is 11.2. The first-order valence-corrected chi connectivity index (χ1v) is 8.67. The number of nitrogens with zero attached hydrogens (tertiary/aromatic N) is 4. The Labute approximate surface area is 138 Å². The summed E-state index contributed by atoms with van der Waals surface area (Å²) in [6.45, 7) is 6.42. The van der Waals surface area contributed by atoms with Crippen molar-refractivity contribution in [2.75, 3.05) is 0 Å². The summed E-state index contributed by atoms with van der Waals surface area (Å²) in [6.07, 6.45) is 7.13. The normalized spacial score (nSPS) is 12.4. The molecule has 0 amide bonds. The number of fused-ring (bicyclic) bond motifs is 1. The Morgan fingerprint density at radius 3 is 2.61 bits per heavy atom. The summed E-state index contributed by atoms with van der Waals surface area (Å²) in [5.41, 5.74) is 1.82. The summed E-state index contributed by atoms with van der Waals surface area (Å²) in [5, 5.41) is 24.2. The molecule has 0 radical (unpaired) electrons. The smallest absolute Gasteiger partial charge is 0.232 e. The van der Waals surface area contributed by atoms with Gasteiger partial charge in [0.15, 0.2) is 11.5 Å². The average molecular weight is 314 g/mol. The molecule has 0 fully saturated rings. The van der Waals surface area contributed by atoms with Crippen LogP contribution in [0.3, 0.4) is 0 Å². The number of unbranched alkanes of at least 4 members (excludes halogenated alkanes) is 2. The number of rotatable bonds is 8. The molecule has 0 saturated carbocycles. The van der Waals surface area contributed by atoms with Gasteiger partial charge >= 0.3 is 0 Å². The second-order valence-electron chi connectivity index (χ2n) is 6.07. The highest BCUT2D eigenvalue weighted by Crippen LogP contribution is 2.28. The van der Waals surface area contributed by atoms with E-state index in [0.29, 0.717) is 17.1 Å². The monoisotopic (exact) mass is 314 g/mol. The van der Waals surface area contributed by atoms with E-state index in [-0.39, 0.29) is 5.88 Å². The Hall–Kier alpha value is -2.09. The molecule has 1 N–H and O–H groups in total. The van der Waals surface area contributed by atoms with E-state index in [1.165, 1.54) is 4.52 Å². The van der Waals surface area contributed by atoms with E-state index in [9.17, 15) is 10.4 Å². The summed E-state index contributed by atoms with van der Waals surface area (Å²) in [7, 11) is 0. The van der Waals surface area contributed by atoms with E-state index in [1.807, 2.05) is 6.07 Å². The average Bonchev–Trinajstić information content (AvgIpc) is 2.98. The standard InChI is InChI=1S/C18H26N4O/c1-4-7-9-13(6-3)17-20-16-11-14(10-8-5-2)15(12-19)18(23)22(16)21-17/h11,13,23H,4-10H2,1-3H3. The highest BCUT2D eigenvalue weighted by Gasteiger charge is 2.19. The van der Waals surface area contributed by atoms with Gasteiger partial charge in [-0.3, -0.25) is 0 Å². The van der Waals surface area contributed by atoms with Gasteiger partial charge in [-0.1, -0.05) is 40.0 Å². The lowest BCUT2D eigenvalue weighted by atomic mass is 9.99. The fourth-order valence-electron chi connectivity index (χ4n) is 2.89. The second kappa shape index (κ2) is 7.96. The summed E-state index contributed by atoms with van der Waals surface area (Å²) in [5.74, 6) is 0.992. The molecule has 0 bridgehead atoms. The minimum absolute atomic E-state index is 0.0832. The van der Waals surface area contributed by atoms with Crippen molar-refractivity contribution in [3.05, 3.63) is 23.0 Å². The second-order valence-corrected chi connectivity index (χ2v) is 6.07. The molecule has 0 aromatic carbocycles. The quantitative estimate of drug-likeness (QED) is 0.787. The van der Waals surface area contributed by atoms with Crippen LogP contribution in [0, 0.1) is 11.3 Å². The summed E-state index contributed by atoms with van der Waals surface area (Å²) >= 11 is 0. The van der Waals surface area contributed by atoms with Crippen molar-refractivity contribution >= 4 is 5.65 Å². The Morgan fingerprint density at radius 2 is 2.00 bits per heavy atom. The van der Waals surface area contributed by atoms with Gasteiger partial charge in [-0.2, -0.15) is 9.78 Å². The molecule has 5 nitrogen and oxygen atoms in total. The largest absolute Gasteiger partial charge is 0.492 e. The molecule has 1 unspecified atom stereocenters. The van der Waals surface area contributed by atoms with Crippen molar-refractivity contribution in [1.29, 1.82) is 5.26 Å². The summed E-state index contributed by atoms with van der Waals surface area (Å²) < 4.78 is 1.41. The van der Waals surface area contributed by atoms with Crippen molar-refractivity contribution in [1.82, 2.24) is 14.6 Å². The maximum atomic E-state index is 10.4. The van der Waals surface area contributed by atoms with Gasteiger partial charge in [-0.25, -0.2) is 4.98 Å². The molecule has 0 aliphatic heterocycles. The Morgan fingerprint density at radius 1 is 1.26 bits per heavy atom. The van der Waals surface area contributed by atoms with Crippen molar-refractivity contribution < 1.29 is 5.11 Å². The number of hydrogen-bond acceptors (Lipinski definition) is 4. The lowest BCUT2D eigenvalue weighted by Crippen LogP contribution is -2.01. The zero-order valence-corrected chi connectivity index (χ0v) is 14.3.